The van der Waals surface area contributed by atoms with Gasteiger partial charge in [-0.05, 0) is 18.8 Å². The number of carbonyl (C=O) groups is 2. The Morgan fingerprint density at radius 1 is 0.750 bits per heavy atom. The maximum absolute atomic E-state index is 11.5. The molecular formula is C20H38O4. The SMILES string of the molecule is CCCCCCCCCCCOC(=O)CC(=O)OCC(C)CCC. The molecule has 0 aliphatic heterocycles. The van der Waals surface area contributed by atoms with Crippen molar-refractivity contribution in [3.8, 4) is 0 Å². The van der Waals surface area contributed by atoms with E-state index in [4.69, 9.17) is 9.47 Å². The summed E-state index contributed by atoms with van der Waals surface area (Å²) in [5, 5.41) is 0. The van der Waals surface area contributed by atoms with Gasteiger partial charge in [-0.3, -0.25) is 9.59 Å². The molecule has 142 valence electrons. The molecule has 0 bridgehead atoms. The second-order valence-electron chi connectivity index (χ2n) is 6.80. The van der Waals surface area contributed by atoms with Crippen LogP contribution in [-0.4, -0.2) is 25.2 Å². The molecule has 0 aromatic carbocycles. The van der Waals surface area contributed by atoms with Crippen LogP contribution >= 0.6 is 0 Å². The number of unbranched alkanes of at least 4 members (excludes halogenated alkanes) is 8. The van der Waals surface area contributed by atoms with Gasteiger partial charge in [0.05, 0.1) is 13.2 Å². The summed E-state index contributed by atoms with van der Waals surface area (Å²) in [6.07, 6.45) is 12.9. The van der Waals surface area contributed by atoms with E-state index in [2.05, 4.69) is 13.8 Å². The normalized spacial score (nSPS) is 12.0. The molecular weight excluding hydrogens is 304 g/mol. The molecule has 0 spiro atoms. The summed E-state index contributed by atoms with van der Waals surface area (Å²) in [6, 6.07) is 0. The highest BCUT2D eigenvalue weighted by molar-refractivity contribution is 5.91. The first-order valence-electron chi connectivity index (χ1n) is 9.91. The molecule has 24 heavy (non-hydrogen) atoms. The minimum atomic E-state index is -0.477. The van der Waals surface area contributed by atoms with Crippen molar-refractivity contribution in [3.05, 3.63) is 0 Å². The number of carbonyl (C=O) groups excluding carboxylic acids is 2. The molecule has 1 unspecified atom stereocenters. The minimum Gasteiger partial charge on any atom is -0.465 e. The molecule has 1 atom stereocenters. The Morgan fingerprint density at radius 3 is 1.88 bits per heavy atom. The van der Waals surface area contributed by atoms with E-state index < -0.39 is 11.9 Å². The van der Waals surface area contributed by atoms with Crippen LogP contribution in [0.4, 0.5) is 0 Å². The Bertz CT molecular complexity index is 315. The molecule has 0 rings (SSSR count). The zero-order valence-corrected chi connectivity index (χ0v) is 16.1. The molecule has 0 amide bonds. The Morgan fingerprint density at radius 2 is 1.29 bits per heavy atom. The Labute approximate surface area is 148 Å². The Hall–Kier alpha value is -1.06. The smallest absolute Gasteiger partial charge is 0.317 e. The van der Waals surface area contributed by atoms with Gasteiger partial charge in [-0.1, -0.05) is 78.6 Å². The molecule has 0 N–H and O–H groups in total. The topological polar surface area (TPSA) is 52.6 Å². The van der Waals surface area contributed by atoms with Gasteiger partial charge in [0.15, 0.2) is 0 Å². The van der Waals surface area contributed by atoms with Crippen molar-refractivity contribution in [3.63, 3.8) is 0 Å². The van der Waals surface area contributed by atoms with Crippen molar-refractivity contribution in [1.82, 2.24) is 0 Å². The Kier molecular flexibility index (Phi) is 16.0. The molecule has 0 heterocycles. The second kappa shape index (κ2) is 16.8. The molecule has 0 radical (unpaired) electrons. The highest BCUT2D eigenvalue weighted by atomic mass is 16.6. The summed E-state index contributed by atoms with van der Waals surface area (Å²) in [7, 11) is 0. The molecule has 4 nitrogen and oxygen atoms in total. The number of esters is 2. The van der Waals surface area contributed by atoms with E-state index in [1.807, 2.05) is 6.92 Å². The number of hydrogen-bond donors (Lipinski definition) is 0. The lowest BCUT2D eigenvalue weighted by Crippen LogP contribution is -2.17. The fourth-order valence-corrected chi connectivity index (χ4v) is 2.63. The highest BCUT2D eigenvalue weighted by Gasteiger charge is 2.13. The standard InChI is InChI=1S/C20H38O4/c1-4-6-7-8-9-10-11-12-13-15-23-19(21)16-20(22)24-17-18(3)14-5-2/h18H,4-17H2,1-3H3. The zero-order valence-electron chi connectivity index (χ0n) is 16.1. The van der Waals surface area contributed by atoms with E-state index in [1.54, 1.807) is 0 Å². The van der Waals surface area contributed by atoms with Gasteiger partial charge < -0.3 is 9.47 Å². The largest absolute Gasteiger partial charge is 0.465 e. The van der Waals surface area contributed by atoms with Crippen molar-refractivity contribution in [1.29, 1.82) is 0 Å². The lowest BCUT2D eigenvalue weighted by Gasteiger charge is -2.10. The van der Waals surface area contributed by atoms with Gasteiger partial charge in [0.25, 0.3) is 0 Å². The predicted molar refractivity (Wildman–Crippen MR) is 97.8 cm³/mol. The van der Waals surface area contributed by atoms with Crippen molar-refractivity contribution in [2.24, 2.45) is 5.92 Å². The lowest BCUT2D eigenvalue weighted by atomic mass is 10.1. The fourth-order valence-electron chi connectivity index (χ4n) is 2.63. The average Bonchev–Trinajstić information content (AvgIpc) is 2.55. The minimum absolute atomic E-state index is 0.268. The molecule has 4 heteroatoms. The van der Waals surface area contributed by atoms with Crippen molar-refractivity contribution in [2.75, 3.05) is 13.2 Å². The van der Waals surface area contributed by atoms with Gasteiger partial charge in [0.2, 0.25) is 0 Å². The number of ether oxygens (including phenoxy) is 2. The van der Waals surface area contributed by atoms with E-state index in [0.29, 0.717) is 19.1 Å². The second-order valence-corrected chi connectivity index (χ2v) is 6.80. The van der Waals surface area contributed by atoms with Crippen LogP contribution in [0.1, 0.15) is 97.8 Å². The van der Waals surface area contributed by atoms with Crippen LogP contribution in [0.3, 0.4) is 0 Å². The molecule has 0 aliphatic carbocycles. The third-order valence-corrected chi connectivity index (χ3v) is 4.11. The van der Waals surface area contributed by atoms with Crippen LogP contribution in [0, 0.1) is 5.92 Å². The van der Waals surface area contributed by atoms with E-state index in [0.717, 1.165) is 25.7 Å². The molecule has 0 saturated heterocycles. The third-order valence-electron chi connectivity index (χ3n) is 4.11. The van der Waals surface area contributed by atoms with Crippen molar-refractivity contribution >= 4 is 11.9 Å². The molecule has 0 saturated carbocycles. The van der Waals surface area contributed by atoms with Gasteiger partial charge in [-0.15, -0.1) is 0 Å². The maximum Gasteiger partial charge on any atom is 0.317 e. The summed E-state index contributed by atoms with van der Waals surface area (Å²) < 4.78 is 10.2. The summed E-state index contributed by atoms with van der Waals surface area (Å²) in [5.74, 6) is -0.602. The third kappa shape index (κ3) is 15.8. The van der Waals surface area contributed by atoms with Crippen LogP contribution in [0.15, 0.2) is 0 Å². The number of rotatable bonds is 16. The zero-order chi connectivity index (χ0) is 18.0. The summed E-state index contributed by atoms with van der Waals surface area (Å²) >= 11 is 0. The molecule has 0 aromatic rings. The summed E-state index contributed by atoms with van der Waals surface area (Å²) in [4.78, 5) is 23.1. The van der Waals surface area contributed by atoms with Crippen LogP contribution < -0.4 is 0 Å². The first-order valence-corrected chi connectivity index (χ1v) is 9.91. The first kappa shape index (κ1) is 22.9. The van der Waals surface area contributed by atoms with Crippen LogP contribution in [0.2, 0.25) is 0 Å². The average molecular weight is 343 g/mol. The van der Waals surface area contributed by atoms with Crippen molar-refractivity contribution < 1.29 is 19.1 Å². The van der Waals surface area contributed by atoms with E-state index >= 15 is 0 Å². The van der Waals surface area contributed by atoms with Crippen LogP contribution in [-0.2, 0) is 19.1 Å². The summed E-state index contributed by atoms with van der Waals surface area (Å²) in [6.45, 7) is 7.17. The van der Waals surface area contributed by atoms with E-state index in [1.165, 1.54) is 44.9 Å². The molecule has 0 fully saturated rings. The molecule has 0 aliphatic rings. The van der Waals surface area contributed by atoms with Gasteiger partial charge >= 0.3 is 11.9 Å². The van der Waals surface area contributed by atoms with E-state index in [9.17, 15) is 9.59 Å². The summed E-state index contributed by atoms with van der Waals surface area (Å²) in [5.41, 5.74) is 0. The number of hydrogen-bond acceptors (Lipinski definition) is 4. The highest BCUT2D eigenvalue weighted by Crippen LogP contribution is 2.10. The predicted octanol–water partition coefficient (Wildman–Crippen LogP) is 5.43. The monoisotopic (exact) mass is 342 g/mol. The van der Waals surface area contributed by atoms with E-state index in [-0.39, 0.29) is 6.42 Å². The van der Waals surface area contributed by atoms with Crippen molar-refractivity contribution in [2.45, 2.75) is 97.8 Å². The van der Waals surface area contributed by atoms with Gasteiger partial charge in [-0.25, -0.2) is 0 Å². The fraction of sp³-hybridized carbons (Fsp3) is 0.900. The van der Waals surface area contributed by atoms with Gasteiger partial charge in [0, 0.05) is 0 Å². The van der Waals surface area contributed by atoms with Gasteiger partial charge in [0.1, 0.15) is 6.42 Å². The van der Waals surface area contributed by atoms with Crippen LogP contribution in [0.25, 0.3) is 0 Å². The Balaban J connectivity index is 3.41. The molecule has 0 aromatic heterocycles. The van der Waals surface area contributed by atoms with Gasteiger partial charge in [-0.2, -0.15) is 0 Å². The first-order chi connectivity index (χ1) is 11.6. The van der Waals surface area contributed by atoms with Crippen LogP contribution in [0.5, 0.6) is 0 Å². The quantitative estimate of drug-likeness (QED) is 0.213. The lowest BCUT2D eigenvalue weighted by molar-refractivity contribution is -0.155. The maximum atomic E-state index is 11.5.